The van der Waals surface area contributed by atoms with E-state index < -0.39 is 0 Å². The van der Waals surface area contributed by atoms with Gasteiger partial charge in [-0.25, -0.2) is 0 Å². The molecular formula is C18H18ClN3O2. The first-order chi connectivity index (χ1) is 11.7. The van der Waals surface area contributed by atoms with Crippen molar-refractivity contribution in [2.45, 2.75) is 19.4 Å². The average Bonchev–Trinajstić information content (AvgIpc) is 3.08. The van der Waals surface area contributed by atoms with Gasteiger partial charge in [0, 0.05) is 18.0 Å². The quantitative estimate of drug-likeness (QED) is 0.699. The Labute approximate surface area is 145 Å². The Morgan fingerprint density at radius 1 is 0.958 bits per heavy atom. The van der Waals surface area contributed by atoms with Crippen LogP contribution in [-0.2, 0) is 19.4 Å². The third-order valence-corrected chi connectivity index (χ3v) is 3.86. The number of rotatable bonds is 7. The van der Waals surface area contributed by atoms with E-state index in [1.807, 2.05) is 48.5 Å². The van der Waals surface area contributed by atoms with Gasteiger partial charge in [-0.05, 0) is 41.8 Å². The smallest absolute Gasteiger partial charge is 0.315 e. The SMILES string of the molecule is COc1ccc(CCc2nnc(NCc3ccc(Cl)cc3)o2)cc1. The summed E-state index contributed by atoms with van der Waals surface area (Å²) in [5.41, 5.74) is 2.29. The monoisotopic (exact) mass is 343 g/mol. The number of anilines is 1. The zero-order chi connectivity index (χ0) is 16.8. The fourth-order valence-electron chi connectivity index (χ4n) is 2.25. The average molecular weight is 344 g/mol. The Balaban J connectivity index is 1.50. The van der Waals surface area contributed by atoms with Crippen molar-refractivity contribution in [3.8, 4) is 5.75 Å². The van der Waals surface area contributed by atoms with Gasteiger partial charge in [0.25, 0.3) is 0 Å². The molecule has 0 saturated heterocycles. The lowest BCUT2D eigenvalue weighted by Crippen LogP contribution is -1.99. The van der Waals surface area contributed by atoms with Gasteiger partial charge in [0.15, 0.2) is 0 Å². The van der Waals surface area contributed by atoms with Gasteiger partial charge < -0.3 is 14.5 Å². The number of halogens is 1. The highest BCUT2D eigenvalue weighted by atomic mass is 35.5. The number of hydrogen-bond acceptors (Lipinski definition) is 5. The van der Waals surface area contributed by atoms with E-state index in [2.05, 4.69) is 15.5 Å². The third-order valence-electron chi connectivity index (χ3n) is 3.61. The third kappa shape index (κ3) is 4.49. The Morgan fingerprint density at radius 3 is 2.38 bits per heavy atom. The second-order valence-corrected chi connectivity index (χ2v) is 5.77. The van der Waals surface area contributed by atoms with Crippen LogP contribution in [0.2, 0.25) is 5.02 Å². The van der Waals surface area contributed by atoms with Gasteiger partial charge in [-0.2, -0.15) is 0 Å². The van der Waals surface area contributed by atoms with Crippen molar-refractivity contribution in [3.63, 3.8) is 0 Å². The summed E-state index contributed by atoms with van der Waals surface area (Å²) in [4.78, 5) is 0. The van der Waals surface area contributed by atoms with Crippen molar-refractivity contribution in [2.24, 2.45) is 0 Å². The molecule has 1 heterocycles. The lowest BCUT2D eigenvalue weighted by molar-refractivity contribution is 0.414. The molecule has 5 nitrogen and oxygen atoms in total. The molecule has 0 aliphatic carbocycles. The molecule has 1 N–H and O–H groups in total. The van der Waals surface area contributed by atoms with Gasteiger partial charge in [0.1, 0.15) is 5.75 Å². The maximum atomic E-state index is 5.87. The van der Waals surface area contributed by atoms with E-state index in [0.29, 0.717) is 24.9 Å². The number of benzene rings is 2. The lowest BCUT2D eigenvalue weighted by atomic mass is 10.1. The fourth-order valence-corrected chi connectivity index (χ4v) is 2.38. The van der Waals surface area contributed by atoms with Crippen LogP contribution in [0.15, 0.2) is 52.9 Å². The molecule has 0 saturated carbocycles. The van der Waals surface area contributed by atoms with Crippen LogP contribution >= 0.6 is 11.6 Å². The first-order valence-corrected chi connectivity index (χ1v) is 8.04. The van der Waals surface area contributed by atoms with Crippen LogP contribution in [0.25, 0.3) is 0 Å². The summed E-state index contributed by atoms with van der Waals surface area (Å²) in [7, 11) is 1.66. The minimum Gasteiger partial charge on any atom is -0.497 e. The molecule has 124 valence electrons. The van der Waals surface area contributed by atoms with Gasteiger partial charge >= 0.3 is 6.01 Å². The van der Waals surface area contributed by atoms with Crippen LogP contribution < -0.4 is 10.1 Å². The summed E-state index contributed by atoms with van der Waals surface area (Å²) in [6.45, 7) is 0.608. The van der Waals surface area contributed by atoms with Crippen LogP contribution in [0.3, 0.4) is 0 Å². The molecule has 0 amide bonds. The van der Waals surface area contributed by atoms with E-state index in [4.69, 9.17) is 20.8 Å². The molecule has 0 aliphatic heterocycles. The standard InChI is InChI=1S/C18H18ClN3O2/c1-23-16-9-4-13(5-10-16)6-11-17-21-22-18(24-17)20-12-14-2-7-15(19)8-3-14/h2-5,7-10H,6,11-12H2,1H3,(H,20,22). The van der Waals surface area contributed by atoms with Crippen LogP contribution in [0, 0.1) is 0 Å². The zero-order valence-electron chi connectivity index (χ0n) is 13.3. The van der Waals surface area contributed by atoms with Gasteiger partial charge in [-0.3, -0.25) is 0 Å². The van der Waals surface area contributed by atoms with Crippen LogP contribution in [-0.4, -0.2) is 17.3 Å². The van der Waals surface area contributed by atoms with Crippen molar-refractivity contribution < 1.29 is 9.15 Å². The summed E-state index contributed by atoms with van der Waals surface area (Å²) in [5, 5.41) is 11.9. The number of nitrogens with zero attached hydrogens (tertiary/aromatic N) is 2. The number of aryl methyl sites for hydroxylation is 2. The molecule has 0 bridgehead atoms. The molecule has 3 rings (SSSR count). The Bertz CT molecular complexity index is 770. The van der Waals surface area contributed by atoms with E-state index in [0.717, 1.165) is 22.8 Å². The van der Waals surface area contributed by atoms with E-state index in [1.165, 1.54) is 5.56 Å². The minimum absolute atomic E-state index is 0.426. The maximum absolute atomic E-state index is 5.87. The number of nitrogens with one attached hydrogen (secondary N) is 1. The predicted molar refractivity (Wildman–Crippen MR) is 93.5 cm³/mol. The van der Waals surface area contributed by atoms with Gasteiger partial charge in [0.2, 0.25) is 5.89 Å². The summed E-state index contributed by atoms with van der Waals surface area (Å²) in [6.07, 6.45) is 1.53. The molecule has 0 fully saturated rings. The minimum atomic E-state index is 0.426. The van der Waals surface area contributed by atoms with Crippen molar-refractivity contribution in [1.29, 1.82) is 0 Å². The van der Waals surface area contributed by atoms with Crippen molar-refractivity contribution >= 4 is 17.6 Å². The number of hydrogen-bond donors (Lipinski definition) is 1. The van der Waals surface area contributed by atoms with Gasteiger partial charge in [0.05, 0.1) is 7.11 Å². The molecule has 0 aliphatic rings. The highest BCUT2D eigenvalue weighted by Gasteiger charge is 2.06. The normalized spacial score (nSPS) is 10.6. The Kier molecular flexibility index (Phi) is 5.33. The summed E-state index contributed by atoms with van der Waals surface area (Å²) < 4.78 is 10.8. The first-order valence-electron chi connectivity index (χ1n) is 7.66. The highest BCUT2D eigenvalue weighted by Crippen LogP contribution is 2.15. The summed E-state index contributed by atoms with van der Waals surface area (Å²) in [6, 6.07) is 16.0. The molecule has 2 aromatic carbocycles. The van der Waals surface area contributed by atoms with E-state index in [-0.39, 0.29) is 0 Å². The largest absolute Gasteiger partial charge is 0.497 e. The first kappa shape index (κ1) is 16.3. The Hall–Kier alpha value is -2.53. The lowest BCUT2D eigenvalue weighted by Gasteiger charge is -2.02. The predicted octanol–water partition coefficient (Wildman–Crippen LogP) is 4.13. The molecule has 0 radical (unpaired) electrons. The second kappa shape index (κ2) is 7.84. The molecule has 3 aromatic rings. The van der Waals surface area contributed by atoms with E-state index >= 15 is 0 Å². The summed E-state index contributed by atoms with van der Waals surface area (Å²) >= 11 is 5.87. The summed E-state index contributed by atoms with van der Waals surface area (Å²) in [5.74, 6) is 1.47. The van der Waals surface area contributed by atoms with Gasteiger partial charge in [-0.1, -0.05) is 41.0 Å². The van der Waals surface area contributed by atoms with Gasteiger partial charge in [-0.15, -0.1) is 5.10 Å². The second-order valence-electron chi connectivity index (χ2n) is 5.33. The number of ether oxygens (including phenoxy) is 1. The number of methoxy groups -OCH3 is 1. The molecule has 0 unspecified atom stereocenters. The maximum Gasteiger partial charge on any atom is 0.315 e. The van der Waals surface area contributed by atoms with E-state index in [9.17, 15) is 0 Å². The van der Waals surface area contributed by atoms with Crippen molar-refractivity contribution in [1.82, 2.24) is 10.2 Å². The molecule has 0 spiro atoms. The highest BCUT2D eigenvalue weighted by molar-refractivity contribution is 6.30. The molecule has 24 heavy (non-hydrogen) atoms. The topological polar surface area (TPSA) is 60.2 Å². The molecule has 6 heteroatoms. The van der Waals surface area contributed by atoms with E-state index in [1.54, 1.807) is 7.11 Å². The van der Waals surface area contributed by atoms with Crippen LogP contribution in [0.5, 0.6) is 5.75 Å². The Morgan fingerprint density at radius 2 is 1.67 bits per heavy atom. The molecule has 0 atom stereocenters. The fraction of sp³-hybridized carbons (Fsp3) is 0.222. The van der Waals surface area contributed by atoms with Crippen LogP contribution in [0.1, 0.15) is 17.0 Å². The molecular weight excluding hydrogens is 326 g/mol. The van der Waals surface area contributed by atoms with Crippen molar-refractivity contribution in [3.05, 3.63) is 70.6 Å². The van der Waals surface area contributed by atoms with Crippen LogP contribution in [0.4, 0.5) is 6.01 Å². The zero-order valence-corrected chi connectivity index (χ0v) is 14.1. The number of aromatic nitrogens is 2. The van der Waals surface area contributed by atoms with Crippen molar-refractivity contribution in [2.75, 3.05) is 12.4 Å². The molecule has 1 aromatic heterocycles.